The first kappa shape index (κ1) is 18.4. The Morgan fingerprint density at radius 1 is 1.25 bits per heavy atom. The van der Waals surface area contributed by atoms with Crippen LogP contribution in [0.4, 0.5) is 0 Å². The fourth-order valence-corrected chi connectivity index (χ4v) is 9.20. The first-order chi connectivity index (χ1) is 13.3. The molecule has 2 amide bonds. The number of nitriles is 1. The third kappa shape index (κ3) is 2.16. The molecule has 0 radical (unpaired) electrons. The maximum absolute atomic E-state index is 13.6. The molecule has 1 aliphatic carbocycles. The van der Waals surface area contributed by atoms with Gasteiger partial charge in [0, 0.05) is 13.5 Å². The van der Waals surface area contributed by atoms with Crippen LogP contribution in [-0.4, -0.2) is 44.8 Å². The van der Waals surface area contributed by atoms with Gasteiger partial charge in [-0.3, -0.25) is 9.59 Å². The Labute approximate surface area is 173 Å². The van der Waals surface area contributed by atoms with E-state index in [1.165, 1.54) is 32.7 Å². The van der Waals surface area contributed by atoms with Crippen LogP contribution >= 0.6 is 21.6 Å². The van der Waals surface area contributed by atoms with Gasteiger partial charge in [-0.15, -0.1) is 0 Å². The zero-order chi connectivity index (χ0) is 19.8. The lowest BCUT2D eigenvalue weighted by Gasteiger charge is -2.42. The Kier molecular flexibility index (Phi) is 3.89. The maximum Gasteiger partial charge on any atom is 0.260 e. The highest BCUT2D eigenvalue weighted by molar-refractivity contribution is 8.77. The summed E-state index contributed by atoms with van der Waals surface area (Å²) in [6.45, 7) is 3.86. The Morgan fingerprint density at radius 3 is 2.75 bits per heavy atom. The van der Waals surface area contributed by atoms with Crippen molar-refractivity contribution < 1.29 is 9.59 Å². The molecule has 7 heteroatoms. The van der Waals surface area contributed by atoms with Gasteiger partial charge in [-0.1, -0.05) is 39.8 Å². The molecule has 4 fully saturated rings. The lowest BCUT2D eigenvalue weighted by Crippen LogP contribution is -2.55. The summed E-state index contributed by atoms with van der Waals surface area (Å²) in [6, 6.07) is 8.35. The Morgan fingerprint density at radius 2 is 2.00 bits per heavy atom. The van der Waals surface area contributed by atoms with E-state index >= 15 is 0 Å². The van der Waals surface area contributed by atoms with Gasteiger partial charge in [-0.05, 0) is 49.8 Å². The first-order valence-corrected chi connectivity index (χ1v) is 12.0. The molecule has 146 valence electrons. The van der Waals surface area contributed by atoms with Crippen LogP contribution in [0.3, 0.4) is 0 Å². The van der Waals surface area contributed by atoms with E-state index in [0.29, 0.717) is 6.42 Å². The summed E-state index contributed by atoms with van der Waals surface area (Å²) in [5.74, 6) is -0.0468. The van der Waals surface area contributed by atoms with Crippen molar-refractivity contribution in [2.24, 2.45) is 5.41 Å². The number of likely N-dealkylation sites (N-methyl/N-ethyl adjacent to an activating group) is 1. The van der Waals surface area contributed by atoms with Crippen LogP contribution in [-0.2, 0) is 22.4 Å². The fraction of sp³-hybridized carbons (Fsp3) is 0.571. The molecule has 2 bridgehead atoms. The number of hydrogen-bond donors (Lipinski definition) is 0. The molecule has 4 heterocycles. The second kappa shape index (κ2) is 5.93. The summed E-state index contributed by atoms with van der Waals surface area (Å²) in [4.78, 5) is 29.6. The average molecular weight is 414 g/mol. The molecule has 0 aromatic heterocycles. The molecule has 5 nitrogen and oxygen atoms in total. The smallest absolute Gasteiger partial charge is 0.260 e. The Bertz CT molecular complexity index is 944. The van der Waals surface area contributed by atoms with Gasteiger partial charge in [0.15, 0.2) is 4.87 Å². The van der Waals surface area contributed by atoms with Crippen molar-refractivity contribution in [3.05, 3.63) is 34.9 Å². The van der Waals surface area contributed by atoms with Crippen LogP contribution in [0.5, 0.6) is 0 Å². The summed E-state index contributed by atoms with van der Waals surface area (Å²) in [7, 11) is 4.79. The second-order valence-electron chi connectivity index (χ2n) is 8.74. The number of aryl methyl sites for hydroxylation is 2. The topological polar surface area (TPSA) is 64.4 Å². The first-order valence-electron chi connectivity index (χ1n) is 9.80. The number of fused-ring (bicyclic) bond motifs is 4. The van der Waals surface area contributed by atoms with Gasteiger partial charge in [0.25, 0.3) is 5.91 Å². The summed E-state index contributed by atoms with van der Waals surface area (Å²) >= 11 is 0. The number of benzene rings is 1. The molecular weight excluding hydrogens is 390 g/mol. The fourth-order valence-electron chi connectivity index (χ4n) is 5.40. The van der Waals surface area contributed by atoms with Crippen LogP contribution in [0.15, 0.2) is 18.2 Å². The largest absolute Gasteiger partial charge is 0.339 e. The van der Waals surface area contributed by atoms with E-state index < -0.39 is 16.3 Å². The third-order valence-electron chi connectivity index (χ3n) is 7.03. The molecule has 1 aromatic carbocycles. The molecule has 0 saturated carbocycles. The number of amides is 2. The zero-order valence-electron chi connectivity index (χ0n) is 16.3. The van der Waals surface area contributed by atoms with Crippen LogP contribution < -0.4 is 0 Å². The average Bonchev–Trinajstić information content (AvgIpc) is 3.23. The van der Waals surface area contributed by atoms with Crippen molar-refractivity contribution in [3.8, 4) is 6.07 Å². The Balaban J connectivity index is 1.70. The molecule has 4 aliphatic heterocycles. The van der Waals surface area contributed by atoms with Gasteiger partial charge < -0.3 is 9.80 Å². The molecule has 4 saturated heterocycles. The highest BCUT2D eigenvalue weighted by Gasteiger charge is 2.70. The number of carbonyl (C=O) groups is 2. The SMILES string of the molecule is CC1C2SSC3(C[C@](C)(C#N)[C@H](c4ccc5c(c4)CCC5)N3C2=O)C(=O)N1C. The predicted molar refractivity (Wildman–Crippen MR) is 110 cm³/mol. The third-order valence-corrected chi connectivity index (χ3v) is 10.5. The van der Waals surface area contributed by atoms with Crippen molar-refractivity contribution in [2.45, 2.75) is 61.7 Å². The molecule has 1 spiro atoms. The van der Waals surface area contributed by atoms with Gasteiger partial charge in [0.1, 0.15) is 5.25 Å². The van der Waals surface area contributed by atoms with E-state index in [1.807, 2.05) is 13.8 Å². The molecule has 0 N–H and O–H groups in total. The van der Waals surface area contributed by atoms with Crippen molar-refractivity contribution in [3.63, 3.8) is 0 Å². The molecule has 1 aromatic rings. The normalized spacial score (nSPS) is 39.0. The molecule has 3 unspecified atom stereocenters. The van der Waals surface area contributed by atoms with Crippen molar-refractivity contribution >= 4 is 33.4 Å². The minimum atomic E-state index is -0.994. The van der Waals surface area contributed by atoms with Crippen LogP contribution in [0, 0.1) is 16.7 Å². The van der Waals surface area contributed by atoms with Gasteiger partial charge >= 0.3 is 0 Å². The van der Waals surface area contributed by atoms with E-state index in [9.17, 15) is 14.9 Å². The van der Waals surface area contributed by atoms with Crippen LogP contribution in [0.1, 0.15) is 49.4 Å². The maximum atomic E-state index is 13.6. The molecule has 28 heavy (non-hydrogen) atoms. The quantitative estimate of drug-likeness (QED) is 0.661. The minimum absolute atomic E-state index is 0.00146. The lowest BCUT2D eigenvalue weighted by atomic mass is 9.79. The van der Waals surface area contributed by atoms with Gasteiger partial charge in [0.2, 0.25) is 5.91 Å². The molecular formula is C21H23N3O2S2. The van der Waals surface area contributed by atoms with Gasteiger partial charge in [-0.25, -0.2) is 0 Å². The molecule has 5 atom stereocenters. The van der Waals surface area contributed by atoms with E-state index in [4.69, 9.17) is 0 Å². The number of rotatable bonds is 1. The number of nitrogens with zero attached hydrogens (tertiary/aromatic N) is 3. The van der Waals surface area contributed by atoms with Crippen molar-refractivity contribution in [1.82, 2.24) is 9.80 Å². The standard InChI is InChI=1S/C21H23N3O2S2/c1-12-16-18(25)24-17(15-8-7-13-5-4-6-14(13)9-15)20(2,11-22)10-21(24,28-27-16)19(26)23(12)3/h7-9,12,16-17H,4-6,10H2,1-3H3/t12?,16?,17-,20+,21?/m0/s1. The highest BCUT2D eigenvalue weighted by Crippen LogP contribution is 2.65. The second-order valence-corrected chi connectivity index (χ2v) is 11.4. The van der Waals surface area contributed by atoms with E-state index in [-0.39, 0.29) is 23.1 Å². The summed E-state index contributed by atoms with van der Waals surface area (Å²) in [6.07, 6.45) is 3.66. The highest BCUT2D eigenvalue weighted by atomic mass is 33.1. The Hall–Kier alpha value is -1.65. The number of hydrogen-bond acceptors (Lipinski definition) is 5. The van der Waals surface area contributed by atoms with Crippen LogP contribution in [0.25, 0.3) is 0 Å². The predicted octanol–water partition coefficient (Wildman–Crippen LogP) is 3.30. The van der Waals surface area contributed by atoms with E-state index in [1.54, 1.807) is 16.8 Å². The zero-order valence-corrected chi connectivity index (χ0v) is 17.9. The van der Waals surface area contributed by atoms with Gasteiger partial charge in [-0.2, -0.15) is 5.26 Å². The van der Waals surface area contributed by atoms with E-state index in [2.05, 4.69) is 24.3 Å². The van der Waals surface area contributed by atoms with Crippen molar-refractivity contribution in [2.75, 3.05) is 7.05 Å². The molecule has 6 rings (SSSR count). The van der Waals surface area contributed by atoms with Crippen molar-refractivity contribution in [1.29, 1.82) is 5.26 Å². The summed E-state index contributed by atoms with van der Waals surface area (Å²) in [5, 5.41) is 9.85. The lowest BCUT2D eigenvalue weighted by molar-refractivity contribution is -0.142. The summed E-state index contributed by atoms with van der Waals surface area (Å²) < 4.78 is 0. The van der Waals surface area contributed by atoms with E-state index in [0.717, 1.165) is 24.8 Å². The number of carbonyl (C=O) groups excluding carboxylic acids is 2. The van der Waals surface area contributed by atoms with Gasteiger partial charge in [0.05, 0.1) is 23.6 Å². The monoisotopic (exact) mass is 413 g/mol. The molecule has 5 aliphatic rings. The summed E-state index contributed by atoms with van der Waals surface area (Å²) in [5.41, 5.74) is 2.89. The minimum Gasteiger partial charge on any atom is -0.339 e. The van der Waals surface area contributed by atoms with Crippen LogP contribution in [0.2, 0.25) is 0 Å².